The van der Waals surface area contributed by atoms with Crippen LogP contribution in [0.1, 0.15) is 0 Å². The van der Waals surface area contributed by atoms with Crippen LogP contribution in [-0.4, -0.2) is 64.7 Å². The van der Waals surface area contributed by atoms with E-state index >= 15 is 0 Å². The molecule has 0 rings (SSSR count). The van der Waals surface area contributed by atoms with Crippen molar-refractivity contribution in [1.29, 1.82) is 0 Å². The van der Waals surface area contributed by atoms with E-state index < -0.39 is 0 Å². The summed E-state index contributed by atoms with van der Waals surface area (Å²) >= 11 is 0. The van der Waals surface area contributed by atoms with E-state index in [0.29, 0.717) is 0 Å². The summed E-state index contributed by atoms with van der Waals surface area (Å²) in [5.41, 5.74) is 0. The molecule has 0 aliphatic carbocycles. The van der Waals surface area contributed by atoms with Crippen LogP contribution < -0.4 is 0 Å². The maximum absolute atomic E-state index is 0. The van der Waals surface area contributed by atoms with Crippen LogP contribution in [0.4, 0.5) is 0 Å². The zero-order chi connectivity index (χ0) is 0. The van der Waals surface area contributed by atoms with Gasteiger partial charge in [0.25, 0.3) is 0 Å². The average Bonchev–Trinajstić information content (AvgIpc) is 0. The second-order valence-electron chi connectivity index (χ2n) is 0. The van der Waals surface area contributed by atoms with Gasteiger partial charge in [-0.3, -0.25) is 0 Å². The predicted molar refractivity (Wildman–Crippen MR) is 40.2 cm³/mol. The summed E-state index contributed by atoms with van der Waals surface area (Å²) in [6.07, 6.45) is 0. The van der Waals surface area contributed by atoms with Crippen LogP contribution in [0.15, 0.2) is 0 Å². The van der Waals surface area contributed by atoms with Crippen LogP contribution in [0, 0.1) is 0 Å². The summed E-state index contributed by atoms with van der Waals surface area (Å²) in [5.74, 6) is 0. The number of hydrogen-bond donors (Lipinski definition) is 0. The van der Waals surface area contributed by atoms with Gasteiger partial charge in [-0.15, -0.1) is 0 Å². The molecule has 28 valence electrons. The topological polar surface area (TPSA) is 0 Å². The third-order valence-corrected chi connectivity index (χ3v) is 0. The van der Waals surface area contributed by atoms with Gasteiger partial charge in [0.1, 0.15) is 0 Å². The quantitative estimate of drug-likeness (QED) is 0.377. The van der Waals surface area contributed by atoms with Crippen LogP contribution in [0.3, 0.4) is 0 Å². The van der Waals surface area contributed by atoms with Crippen LogP contribution in [0.25, 0.3) is 0 Å². The molecule has 0 spiro atoms. The van der Waals surface area contributed by atoms with Crippen molar-refractivity contribution >= 4 is 78.2 Å². The summed E-state index contributed by atoms with van der Waals surface area (Å²) in [5, 5.41) is 0. The first kappa shape index (κ1) is 31.9. The summed E-state index contributed by atoms with van der Waals surface area (Å²) in [6, 6.07) is 0. The summed E-state index contributed by atoms with van der Waals surface area (Å²) in [7, 11) is 0. The van der Waals surface area contributed by atoms with Crippen molar-refractivity contribution in [3.05, 3.63) is 0 Å². The first-order chi connectivity index (χ1) is 0. The molecule has 0 heterocycles. The van der Waals surface area contributed by atoms with Crippen molar-refractivity contribution < 1.29 is 0 Å². The van der Waals surface area contributed by atoms with Gasteiger partial charge in [0.05, 0.1) is 0 Å². The fraction of sp³-hybridized carbons (Fsp3) is 0. The fourth-order valence-corrected chi connectivity index (χ4v) is 0. The molecule has 0 unspecified atom stereocenters. The Kier molecular flexibility index (Phi) is 143. The molecular weight excluding hydrogens is 382 g/mol. The monoisotopic (exact) mass is 394 g/mol. The van der Waals surface area contributed by atoms with Crippen molar-refractivity contribution in [2.24, 2.45) is 0 Å². The minimum absolute atomic E-state index is 0. The van der Waals surface area contributed by atoms with Crippen molar-refractivity contribution in [3.63, 3.8) is 0 Å². The molecule has 4 heavy (non-hydrogen) atoms. The van der Waals surface area contributed by atoms with E-state index in [2.05, 4.69) is 0 Å². The van der Waals surface area contributed by atoms with Crippen molar-refractivity contribution in [2.45, 2.75) is 0 Å². The molecule has 0 N–H and O–H groups in total. The van der Waals surface area contributed by atoms with Gasteiger partial charge in [0, 0.05) is 0 Å². The van der Waals surface area contributed by atoms with Crippen LogP contribution in [0.5, 0.6) is 0 Å². The van der Waals surface area contributed by atoms with Crippen LogP contribution >= 0.6 is 13.5 Å². The van der Waals surface area contributed by atoms with Gasteiger partial charge in [0.2, 0.25) is 0 Å². The second kappa shape index (κ2) is 18.0. The van der Waals surface area contributed by atoms with Crippen molar-refractivity contribution in [3.8, 4) is 0 Å². The minimum atomic E-state index is 0. The fourth-order valence-electron chi connectivity index (χ4n) is 0. The normalized spacial score (nSPS) is 0. The van der Waals surface area contributed by atoms with Gasteiger partial charge in [-0.1, -0.05) is 0 Å². The third kappa shape index (κ3) is 8.82. The molecule has 0 bridgehead atoms. The van der Waals surface area contributed by atoms with E-state index in [0.717, 1.165) is 0 Å². The molecule has 0 nitrogen and oxygen atoms in total. The van der Waals surface area contributed by atoms with Gasteiger partial charge in [-0.05, 0) is 0 Å². The molecule has 0 saturated heterocycles. The Hall–Kier alpha value is 2.45. The van der Waals surface area contributed by atoms with E-state index in [4.69, 9.17) is 0 Å². The van der Waals surface area contributed by atoms with Crippen LogP contribution in [0.2, 0.25) is 0 Å². The zero-order valence-corrected chi connectivity index (χ0v) is 7.70. The summed E-state index contributed by atoms with van der Waals surface area (Å²) in [4.78, 5) is 0. The standard InChI is InChI=1S/Ga.GeH4.Pb.H2S.5H/h;1H4;;1H2;;;;;. The van der Waals surface area contributed by atoms with Crippen molar-refractivity contribution in [1.82, 2.24) is 0 Å². The van der Waals surface area contributed by atoms with Crippen LogP contribution in [-0.2, 0) is 0 Å². The Labute approximate surface area is 77.1 Å². The van der Waals surface area contributed by atoms with E-state index in [9.17, 15) is 0 Å². The second-order valence-corrected chi connectivity index (χ2v) is 0. The molecular formula is H11GaGePbS. The molecule has 4 heteroatoms. The molecule has 0 amide bonds. The van der Waals surface area contributed by atoms with Gasteiger partial charge < -0.3 is 0 Å². The molecule has 0 saturated carbocycles. The van der Waals surface area contributed by atoms with E-state index in [1.54, 1.807) is 0 Å². The van der Waals surface area contributed by atoms with Crippen molar-refractivity contribution in [2.75, 3.05) is 0 Å². The first-order valence-corrected chi connectivity index (χ1v) is 0. The van der Waals surface area contributed by atoms with Gasteiger partial charge in [0.15, 0.2) is 0 Å². The Balaban J connectivity index is 0. The first-order valence-electron chi connectivity index (χ1n) is 0. The van der Waals surface area contributed by atoms with E-state index in [1.807, 2.05) is 0 Å². The molecule has 0 fully saturated rings. The predicted octanol–water partition coefficient (Wildman–Crippen LogP) is -3.44. The summed E-state index contributed by atoms with van der Waals surface area (Å²) < 4.78 is 0. The Bertz CT molecular complexity index is 8.00. The third-order valence-electron chi connectivity index (χ3n) is 0. The molecule has 2 radical (unpaired) electrons. The molecule has 0 aromatic rings. The summed E-state index contributed by atoms with van der Waals surface area (Å²) in [6.45, 7) is 0. The zero-order valence-electron chi connectivity index (χ0n) is 1.21. The SMILES string of the molecule is S.[GaH3].[GeH4].[PbH2]. The Morgan fingerprint density at radius 1 is 1.00 bits per heavy atom. The molecule has 0 aromatic heterocycles. The Morgan fingerprint density at radius 3 is 1.00 bits per heavy atom. The maximum atomic E-state index is 0. The van der Waals surface area contributed by atoms with Gasteiger partial charge in [-0.25, -0.2) is 0 Å². The Morgan fingerprint density at radius 2 is 1.00 bits per heavy atom. The molecule has 0 aliphatic rings. The van der Waals surface area contributed by atoms with Gasteiger partial charge >= 0.3 is 64.7 Å². The molecule has 0 aliphatic heterocycles. The van der Waals surface area contributed by atoms with E-state index in [-0.39, 0.29) is 78.2 Å². The average molecular weight is 393 g/mol. The molecule has 0 atom stereocenters. The number of rotatable bonds is 0. The molecule has 0 aromatic carbocycles. The van der Waals surface area contributed by atoms with E-state index in [1.165, 1.54) is 0 Å². The van der Waals surface area contributed by atoms with Gasteiger partial charge in [-0.2, -0.15) is 13.5 Å². The number of hydrogen-bond acceptors (Lipinski definition) is 0.